The summed E-state index contributed by atoms with van der Waals surface area (Å²) in [4.78, 5) is 0.208. The van der Waals surface area contributed by atoms with Crippen molar-refractivity contribution in [1.82, 2.24) is 4.31 Å². The fourth-order valence-corrected chi connectivity index (χ4v) is 4.15. The molecule has 1 N–H and O–H groups in total. The van der Waals surface area contributed by atoms with Crippen LogP contribution in [0.3, 0.4) is 0 Å². The van der Waals surface area contributed by atoms with Crippen LogP contribution in [0.1, 0.15) is 25.0 Å². The maximum atomic E-state index is 12.4. The van der Waals surface area contributed by atoms with E-state index in [1.807, 2.05) is 0 Å². The lowest BCUT2D eigenvalue weighted by Crippen LogP contribution is -2.46. The molecule has 98 valence electrons. The monoisotopic (exact) mass is 267 g/mol. The van der Waals surface area contributed by atoms with Crippen LogP contribution in [0, 0.1) is 0 Å². The second-order valence-corrected chi connectivity index (χ2v) is 6.28. The molecular weight excluding hydrogens is 250 g/mol. The highest BCUT2D eigenvalue weighted by atomic mass is 32.2. The summed E-state index contributed by atoms with van der Waals surface area (Å²) in [5.74, 6) is 0. The zero-order valence-corrected chi connectivity index (χ0v) is 11.1. The Hall–Kier alpha value is -1.17. The molecule has 1 aromatic rings. The second kappa shape index (κ2) is 4.84. The summed E-state index contributed by atoms with van der Waals surface area (Å²) in [5.41, 5.74) is 0.486. The molecule has 1 aliphatic rings. The van der Waals surface area contributed by atoms with Crippen LogP contribution in [0.25, 0.3) is 0 Å². The molecule has 2 rings (SSSR count). The highest BCUT2D eigenvalue weighted by molar-refractivity contribution is 7.89. The maximum Gasteiger partial charge on any atom is 0.243 e. The predicted molar refractivity (Wildman–Crippen MR) is 69.6 cm³/mol. The predicted octanol–water partition coefficient (Wildman–Crippen LogP) is 1.69. The Morgan fingerprint density at radius 3 is 2.78 bits per heavy atom. The molecule has 18 heavy (non-hydrogen) atoms. The van der Waals surface area contributed by atoms with E-state index in [4.69, 9.17) is 0 Å². The van der Waals surface area contributed by atoms with Crippen molar-refractivity contribution in [3.05, 3.63) is 42.5 Å². The van der Waals surface area contributed by atoms with Gasteiger partial charge in [0.1, 0.15) is 0 Å². The standard InChI is InChI=1S/C13H17NO3S/c1-3-4-9-14-10(2)13(15)11-7-5-6-8-12(11)18(14,16)17/h3,5-8,10,13,15H,1,4,9H2,2H3/t10-,13+/m0/s1. The smallest absolute Gasteiger partial charge is 0.243 e. The summed E-state index contributed by atoms with van der Waals surface area (Å²) in [6.45, 7) is 5.67. The molecule has 0 fully saturated rings. The van der Waals surface area contributed by atoms with Gasteiger partial charge in [-0.25, -0.2) is 8.42 Å². The Morgan fingerprint density at radius 1 is 1.44 bits per heavy atom. The molecule has 0 saturated carbocycles. The van der Waals surface area contributed by atoms with Crippen LogP contribution in [-0.4, -0.2) is 30.4 Å². The molecular formula is C13H17NO3S. The van der Waals surface area contributed by atoms with Crippen LogP contribution in [0.5, 0.6) is 0 Å². The maximum absolute atomic E-state index is 12.4. The zero-order chi connectivity index (χ0) is 13.3. The van der Waals surface area contributed by atoms with Crippen LogP contribution in [0.15, 0.2) is 41.8 Å². The van der Waals surface area contributed by atoms with E-state index in [0.29, 0.717) is 18.5 Å². The molecule has 0 amide bonds. The van der Waals surface area contributed by atoms with Gasteiger partial charge in [-0.1, -0.05) is 24.3 Å². The molecule has 1 aromatic carbocycles. The van der Waals surface area contributed by atoms with Gasteiger partial charge in [-0.2, -0.15) is 4.31 Å². The fraction of sp³-hybridized carbons (Fsp3) is 0.385. The number of sulfonamides is 1. The third-order valence-electron chi connectivity index (χ3n) is 3.29. The summed E-state index contributed by atoms with van der Waals surface area (Å²) in [6, 6.07) is 6.17. The fourth-order valence-electron chi connectivity index (χ4n) is 2.26. The first-order valence-corrected chi connectivity index (χ1v) is 7.34. The average molecular weight is 267 g/mol. The molecule has 0 spiro atoms. The van der Waals surface area contributed by atoms with Crippen molar-refractivity contribution in [2.75, 3.05) is 6.54 Å². The number of hydrogen-bond acceptors (Lipinski definition) is 3. The van der Waals surface area contributed by atoms with Crippen molar-refractivity contribution in [3.63, 3.8) is 0 Å². The number of fused-ring (bicyclic) bond motifs is 1. The zero-order valence-electron chi connectivity index (χ0n) is 10.3. The van der Waals surface area contributed by atoms with Crippen LogP contribution in [0.4, 0.5) is 0 Å². The number of aliphatic hydroxyl groups excluding tert-OH is 1. The van der Waals surface area contributed by atoms with Gasteiger partial charge in [0.2, 0.25) is 10.0 Å². The van der Waals surface area contributed by atoms with Crippen molar-refractivity contribution >= 4 is 10.0 Å². The SMILES string of the molecule is C=CCCN1[C@@H](C)[C@@H](O)c2ccccc2S1(=O)=O. The van der Waals surface area contributed by atoms with Crippen molar-refractivity contribution in [2.24, 2.45) is 0 Å². The third-order valence-corrected chi connectivity index (χ3v) is 5.35. The molecule has 0 saturated heterocycles. The number of aliphatic hydroxyl groups is 1. The summed E-state index contributed by atoms with van der Waals surface area (Å²) in [7, 11) is -3.51. The first kappa shape index (κ1) is 13.3. The minimum absolute atomic E-state index is 0.208. The van der Waals surface area contributed by atoms with Crippen LogP contribution in [0.2, 0.25) is 0 Å². The topological polar surface area (TPSA) is 57.6 Å². The molecule has 0 aliphatic carbocycles. The third kappa shape index (κ3) is 1.98. The summed E-state index contributed by atoms with van der Waals surface area (Å²) >= 11 is 0. The molecule has 4 nitrogen and oxygen atoms in total. The van der Waals surface area contributed by atoms with Crippen LogP contribution in [-0.2, 0) is 10.0 Å². The van der Waals surface area contributed by atoms with E-state index in [9.17, 15) is 13.5 Å². The van der Waals surface area contributed by atoms with Crippen LogP contribution >= 0.6 is 0 Å². The number of hydrogen-bond donors (Lipinski definition) is 1. The van der Waals surface area contributed by atoms with E-state index < -0.39 is 22.2 Å². The molecule has 5 heteroatoms. The summed E-state index contributed by atoms with van der Waals surface area (Å²) in [5, 5.41) is 10.2. The van der Waals surface area contributed by atoms with Gasteiger partial charge in [0.25, 0.3) is 0 Å². The molecule has 1 aliphatic heterocycles. The van der Waals surface area contributed by atoms with Gasteiger partial charge in [0.15, 0.2) is 0 Å². The van der Waals surface area contributed by atoms with Crippen molar-refractivity contribution in [2.45, 2.75) is 30.4 Å². The van der Waals surface area contributed by atoms with Gasteiger partial charge in [0, 0.05) is 12.1 Å². The van der Waals surface area contributed by atoms with E-state index in [-0.39, 0.29) is 4.90 Å². The molecule has 2 atom stereocenters. The Bertz CT molecular complexity index is 553. The largest absolute Gasteiger partial charge is 0.387 e. The Labute approximate surface area is 108 Å². The Balaban J connectivity index is 2.52. The lowest BCUT2D eigenvalue weighted by Gasteiger charge is -2.37. The van der Waals surface area contributed by atoms with E-state index in [2.05, 4.69) is 6.58 Å². The normalized spacial score (nSPS) is 26.6. The molecule has 0 aromatic heterocycles. The first-order chi connectivity index (χ1) is 8.50. The number of benzene rings is 1. The van der Waals surface area contributed by atoms with Crippen molar-refractivity contribution < 1.29 is 13.5 Å². The van der Waals surface area contributed by atoms with Gasteiger partial charge in [-0.05, 0) is 19.4 Å². The van der Waals surface area contributed by atoms with Gasteiger partial charge < -0.3 is 5.11 Å². The minimum Gasteiger partial charge on any atom is -0.387 e. The quantitative estimate of drug-likeness (QED) is 0.848. The lowest BCUT2D eigenvalue weighted by molar-refractivity contribution is 0.0898. The average Bonchev–Trinajstić information content (AvgIpc) is 2.36. The van der Waals surface area contributed by atoms with E-state index in [1.54, 1.807) is 37.3 Å². The first-order valence-electron chi connectivity index (χ1n) is 5.90. The van der Waals surface area contributed by atoms with Gasteiger partial charge >= 0.3 is 0 Å². The van der Waals surface area contributed by atoms with Crippen molar-refractivity contribution in [3.8, 4) is 0 Å². The number of nitrogens with zero attached hydrogens (tertiary/aromatic N) is 1. The Kier molecular flexibility index (Phi) is 3.56. The summed E-state index contributed by atoms with van der Waals surface area (Å²) < 4.78 is 26.2. The number of rotatable bonds is 3. The highest BCUT2D eigenvalue weighted by Crippen LogP contribution is 2.36. The highest BCUT2D eigenvalue weighted by Gasteiger charge is 2.40. The lowest BCUT2D eigenvalue weighted by atomic mass is 10.0. The van der Waals surface area contributed by atoms with Gasteiger partial charge in [-0.3, -0.25) is 0 Å². The van der Waals surface area contributed by atoms with Crippen molar-refractivity contribution in [1.29, 1.82) is 0 Å². The van der Waals surface area contributed by atoms with E-state index in [1.165, 1.54) is 4.31 Å². The molecule has 0 unspecified atom stereocenters. The second-order valence-electron chi connectivity index (χ2n) is 4.42. The molecule has 0 bridgehead atoms. The van der Waals surface area contributed by atoms with Crippen LogP contribution < -0.4 is 0 Å². The van der Waals surface area contributed by atoms with E-state index in [0.717, 1.165) is 0 Å². The van der Waals surface area contributed by atoms with Gasteiger partial charge in [0.05, 0.1) is 17.0 Å². The minimum atomic E-state index is -3.51. The molecule has 0 radical (unpaired) electrons. The Morgan fingerprint density at radius 2 is 2.11 bits per heavy atom. The van der Waals surface area contributed by atoms with E-state index >= 15 is 0 Å². The van der Waals surface area contributed by atoms with Gasteiger partial charge in [-0.15, -0.1) is 6.58 Å². The summed E-state index contributed by atoms with van der Waals surface area (Å²) in [6.07, 6.45) is 1.46. The molecule has 1 heterocycles.